The number of ether oxygens (including phenoxy) is 1. The van der Waals surface area contributed by atoms with Crippen LogP contribution in [0.5, 0.6) is 5.75 Å². The summed E-state index contributed by atoms with van der Waals surface area (Å²) < 4.78 is 32.0. The predicted molar refractivity (Wildman–Crippen MR) is 168 cm³/mol. The Morgan fingerprint density at radius 3 is 2.24 bits per heavy atom. The van der Waals surface area contributed by atoms with Crippen molar-refractivity contribution in [3.63, 3.8) is 0 Å². The second-order valence-corrected chi connectivity index (χ2v) is 12.6. The van der Waals surface area contributed by atoms with Crippen LogP contribution in [0.3, 0.4) is 0 Å². The minimum atomic E-state index is -3.56. The average Bonchev–Trinajstić information content (AvgIpc) is 2.97. The van der Waals surface area contributed by atoms with Crippen molar-refractivity contribution in [3.05, 3.63) is 95.6 Å². The van der Waals surface area contributed by atoms with Crippen LogP contribution < -0.4 is 14.4 Å². The number of benzene rings is 3. The molecular weight excluding hydrogens is 550 g/mol. The van der Waals surface area contributed by atoms with Gasteiger partial charge in [-0.1, -0.05) is 67.1 Å². The first-order chi connectivity index (χ1) is 20.0. The molecule has 3 aromatic rings. The number of nitrogens with zero attached hydrogens (tertiary/aromatic N) is 2. The van der Waals surface area contributed by atoms with E-state index in [1.165, 1.54) is 10.6 Å². The van der Waals surface area contributed by atoms with Gasteiger partial charge < -0.3 is 15.0 Å². The van der Waals surface area contributed by atoms with Crippen LogP contribution in [-0.2, 0) is 32.6 Å². The molecule has 0 aliphatic heterocycles. The van der Waals surface area contributed by atoms with Crippen molar-refractivity contribution >= 4 is 27.5 Å². The zero-order chi connectivity index (χ0) is 30.7. The molecule has 0 heterocycles. The normalized spacial score (nSPS) is 12.7. The Morgan fingerprint density at radius 2 is 1.62 bits per heavy atom. The molecule has 2 atom stereocenters. The van der Waals surface area contributed by atoms with Gasteiger partial charge in [0.05, 0.1) is 19.1 Å². The number of anilines is 1. The fourth-order valence-electron chi connectivity index (χ4n) is 4.68. The topological polar surface area (TPSA) is 96.0 Å². The molecule has 0 aromatic heterocycles. The Balaban J connectivity index is 1.90. The van der Waals surface area contributed by atoms with Gasteiger partial charge in [-0.3, -0.25) is 13.9 Å². The van der Waals surface area contributed by atoms with Gasteiger partial charge in [-0.25, -0.2) is 8.42 Å². The van der Waals surface area contributed by atoms with Gasteiger partial charge in [-0.05, 0) is 62.1 Å². The first-order valence-corrected chi connectivity index (χ1v) is 16.2. The third-order valence-electron chi connectivity index (χ3n) is 7.23. The molecule has 0 radical (unpaired) electrons. The summed E-state index contributed by atoms with van der Waals surface area (Å²) in [5.41, 5.74) is 3.34. The van der Waals surface area contributed by atoms with Crippen LogP contribution in [0.1, 0.15) is 49.8 Å². The summed E-state index contributed by atoms with van der Waals surface area (Å²) >= 11 is 0. The highest BCUT2D eigenvalue weighted by molar-refractivity contribution is 7.92. The van der Waals surface area contributed by atoms with E-state index in [-0.39, 0.29) is 37.4 Å². The van der Waals surface area contributed by atoms with E-state index in [2.05, 4.69) is 5.32 Å². The van der Waals surface area contributed by atoms with Crippen molar-refractivity contribution in [2.24, 2.45) is 0 Å². The third kappa shape index (κ3) is 9.62. The smallest absolute Gasteiger partial charge is 0.243 e. The molecule has 0 saturated carbocycles. The number of methoxy groups -OCH3 is 1. The van der Waals surface area contributed by atoms with Crippen LogP contribution in [0.25, 0.3) is 0 Å². The van der Waals surface area contributed by atoms with E-state index in [0.29, 0.717) is 24.3 Å². The first kappa shape index (κ1) is 32.7. The molecule has 0 bridgehead atoms. The Bertz CT molecular complexity index is 1410. The third-order valence-corrected chi connectivity index (χ3v) is 8.43. The van der Waals surface area contributed by atoms with Crippen molar-refractivity contribution in [1.82, 2.24) is 10.2 Å². The van der Waals surface area contributed by atoms with E-state index in [4.69, 9.17) is 4.74 Å². The fourth-order valence-corrected chi connectivity index (χ4v) is 5.64. The highest BCUT2D eigenvalue weighted by atomic mass is 32.2. The lowest BCUT2D eigenvalue weighted by molar-refractivity contribution is -0.141. The number of hydrogen-bond acceptors (Lipinski definition) is 5. The summed E-state index contributed by atoms with van der Waals surface area (Å²) in [6.45, 7) is 6.22. The van der Waals surface area contributed by atoms with Gasteiger partial charge in [0.15, 0.2) is 0 Å². The number of carbonyl (C=O) groups is 2. The molecule has 0 spiro atoms. The van der Waals surface area contributed by atoms with Gasteiger partial charge >= 0.3 is 0 Å². The van der Waals surface area contributed by atoms with Gasteiger partial charge in [0.25, 0.3) is 0 Å². The monoisotopic (exact) mass is 593 g/mol. The van der Waals surface area contributed by atoms with Crippen LogP contribution in [0.4, 0.5) is 5.69 Å². The number of rotatable bonds is 15. The summed E-state index contributed by atoms with van der Waals surface area (Å²) in [5, 5.41) is 3.07. The van der Waals surface area contributed by atoms with Crippen LogP contribution in [-0.4, -0.2) is 57.1 Å². The molecule has 0 unspecified atom stereocenters. The zero-order valence-corrected chi connectivity index (χ0v) is 26.1. The lowest BCUT2D eigenvalue weighted by Gasteiger charge is -2.33. The highest BCUT2D eigenvalue weighted by Gasteiger charge is 2.31. The van der Waals surface area contributed by atoms with E-state index in [1.807, 2.05) is 87.5 Å². The van der Waals surface area contributed by atoms with Gasteiger partial charge in [0.2, 0.25) is 21.8 Å². The van der Waals surface area contributed by atoms with Crippen molar-refractivity contribution < 1.29 is 22.7 Å². The minimum absolute atomic E-state index is 0.0534. The van der Waals surface area contributed by atoms with Crippen LogP contribution >= 0.6 is 0 Å². The maximum absolute atomic E-state index is 14.0. The van der Waals surface area contributed by atoms with E-state index in [0.717, 1.165) is 23.1 Å². The molecule has 0 aliphatic rings. The fraction of sp³-hybridized carbons (Fsp3) is 0.394. The van der Waals surface area contributed by atoms with Crippen LogP contribution in [0, 0.1) is 6.92 Å². The van der Waals surface area contributed by atoms with E-state index in [1.54, 1.807) is 24.1 Å². The number of nitrogens with one attached hydrogen (secondary N) is 1. The number of carbonyl (C=O) groups excluding carboxylic acids is 2. The summed E-state index contributed by atoms with van der Waals surface area (Å²) in [6, 6.07) is 23.5. The van der Waals surface area contributed by atoms with E-state index < -0.39 is 16.1 Å². The van der Waals surface area contributed by atoms with E-state index >= 15 is 0 Å². The van der Waals surface area contributed by atoms with Crippen LogP contribution in [0.2, 0.25) is 0 Å². The number of hydrogen-bond donors (Lipinski definition) is 1. The zero-order valence-electron chi connectivity index (χ0n) is 25.2. The van der Waals surface area contributed by atoms with Gasteiger partial charge in [-0.15, -0.1) is 0 Å². The Hall–Kier alpha value is -3.85. The van der Waals surface area contributed by atoms with E-state index in [9.17, 15) is 18.0 Å². The molecule has 2 amide bonds. The van der Waals surface area contributed by atoms with Crippen molar-refractivity contribution in [2.75, 3.05) is 24.2 Å². The second-order valence-electron chi connectivity index (χ2n) is 10.7. The SMILES string of the molecule is CC[C@@H](C)NC(=O)[C@H](Cc1ccccc1)N(Cc1cccc(OC)c1)C(=O)CCCN(c1ccc(C)cc1)S(C)(=O)=O. The number of aryl methyl sites for hydroxylation is 1. The average molecular weight is 594 g/mol. The standard InChI is InChI=1S/C33H43N3O5S/c1-6-26(3)34-33(38)31(23-27-12-8-7-9-13-27)35(24-28-14-10-15-30(22-28)41-4)32(37)16-11-21-36(42(5,39)40)29-19-17-25(2)18-20-29/h7-10,12-15,17-20,22,26,31H,6,11,16,21,23-24H2,1-5H3,(H,34,38)/t26-,31+/m1/s1. The lowest BCUT2D eigenvalue weighted by atomic mass is 10.0. The summed E-state index contributed by atoms with van der Waals surface area (Å²) in [6.07, 6.45) is 2.63. The molecule has 0 aliphatic carbocycles. The molecular formula is C33H43N3O5S. The van der Waals surface area contributed by atoms with Crippen molar-refractivity contribution in [2.45, 2.75) is 65.1 Å². The molecule has 3 rings (SSSR count). The first-order valence-electron chi connectivity index (χ1n) is 14.3. The predicted octanol–water partition coefficient (Wildman–Crippen LogP) is 5.10. The number of sulfonamides is 1. The molecule has 9 heteroatoms. The summed E-state index contributed by atoms with van der Waals surface area (Å²) in [4.78, 5) is 29.3. The quantitative estimate of drug-likeness (QED) is 0.264. The van der Waals surface area contributed by atoms with Crippen molar-refractivity contribution in [1.29, 1.82) is 0 Å². The largest absolute Gasteiger partial charge is 0.497 e. The Labute approximate surface area is 250 Å². The molecule has 226 valence electrons. The highest BCUT2D eigenvalue weighted by Crippen LogP contribution is 2.22. The molecule has 42 heavy (non-hydrogen) atoms. The lowest BCUT2D eigenvalue weighted by Crippen LogP contribution is -2.52. The maximum Gasteiger partial charge on any atom is 0.243 e. The number of amides is 2. The van der Waals surface area contributed by atoms with Gasteiger partial charge in [-0.2, -0.15) is 0 Å². The van der Waals surface area contributed by atoms with Gasteiger partial charge in [0, 0.05) is 32.0 Å². The van der Waals surface area contributed by atoms with Crippen molar-refractivity contribution in [3.8, 4) is 5.75 Å². The molecule has 0 fully saturated rings. The summed E-state index contributed by atoms with van der Waals surface area (Å²) in [5.74, 6) is 0.211. The minimum Gasteiger partial charge on any atom is -0.497 e. The summed E-state index contributed by atoms with van der Waals surface area (Å²) in [7, 11) is -1.98. The Kier molecular flexibility index (Phi) is 12.0. The molecule has 1 N–H and O–H groups in total. The van der Waals surface area contributed by atoms with Crippen LogP contribution in [0.15, 0.2) is 78.9 Å². The second kappa shape index (κ2) is 15.4. The molecule has 0 saturated heterocycles. The molecule has 3 aromatic carbocycles. The van der Waals surface area contributed by atoms with Gasteiger partial charge in [0.1, 0.15) is 11.8 Å². The molecule has 8 nitrogen and oxygen atoms in total. The Morgan fingerprint density at radius 1 is 0.952 bits per heavy atom. The maximum atomic E-state index is 14.0.